The number of nitrogens with one attached hydrogen (secondary N) is 1. The van der Waals surface area contributed by atoms with Gasteiger partial charge < -0.3 is 5.32 Å². The number of aromatic nitrogens is 1. The number of hydrogen-bond donors (Lipinski definition) is 1. The van der Waals surface area contributed by atoms with Gasteiger partial charge in [-0.25, -0.2) is 4.98 Å². The highest BCUT2D eigenvalue weighted by atomic mass is 16.1. The first-order valence-electron chi connectivity index (χ1n) is 3.96. The normalized spacial score (nSPS) is 9.85. The van der Waals surface area contributed by atoms with Crippen LogP contribution in [0, 0.1) is 0 Å². The summed E-state index contributed by atoms with van der Waals surface area (Å²) >= 11 is 0. The van der Waals surface area contributed by atoms with Crippen molar-refractivity contribution in [1.82, 2.24) is 4.98 Å². The number of carbonyl (C=O) groups is 1. The minimum absolute atomic E-state index is 0.578. The molecule has 1 aromatic carbocycles. The van der Waals surface area contributed by atoms with E-state index in [2.05, 4.69) is 10.3 Å². The van der Waals surface area contributed by atoms with Gasteiger partial charge in [0.25, 0.3) is 0 Å². The highest BCUT2D eigenvalue weighted by Gasteiger charge is 1.94. The molecule has 64 valence electrons. The maximum atomic E-state index is 10.2. The fourth-order valence-electron chi connectivity index (χ4n) is 1.21. The first-order chi connectivity index (χ1) is 6.40. The van der Waals surface area contributed by atoms with Crippen LogP contribution in [-0.4, -0.2) is 11.4 Å². The van der Waals surface area contributed by atoms with E-state index >= 15 is 0 Å². The van der Waals surface area contributed by atoms with E-state index in [4.69, 9.17) is 0 Å². The number of amides is 1. The van der Waals surface area contributed by atoms with Gasteiger partial charge in [0.05, 0.1) is 5.52 Å². The van der Waals surface area contributed by atoms with Crippen LogP contribution in [0.25, 0.3) is 10.9 Å². The van der Waals surface area contributed by atoms with Crippen LogP contribution in [0.3, 0.4) is 0 Å². The lowest BCUT2D eigenvalue weighted by atomic mass is 10.2. The molecule has 1 heterocycles. The standard InChI is InChI=1S/C10H8N2O/c13-7-11-10-6-5-8-3-1-2-4-9(8)12-10/h1-7H,(H,11,12,13). The minimum Gasteiger partial charge on any atom is -0.313 e. The lowest BCUT2D eigenvalue weighted by molar-refractivity contribution is -0.105. The third-order valence-corrected chi connectivity index (χ3v) is 1.81. The number of nitrogens with zero attached hydrogens (tertiary/aromatic N) is 1. The van der Waals surface area contributed by atoms with Crippen molar-refractivity contribution in [3.63, 3.8) is 0 Å². The molecule has 0 spiro atoms. The number of pyridine rings is 1. The topological polar surface area (TPSA) is 42.0 Å². The van der Waals surface area contributed by atoms with Gasteiger partial charge in [0.15, 0.2) is 0 Å². The summed E-state index contributed by atoms with van der Waals surface area (Å²) in [5.41, 5.74) is 0.884. The van der Waals surface area contributed by atoms with Gasteiger partial charge in [-0.1, -0.05) is 18.2 Å². The van der Waals surface area contributed by atoms with E-state index in [9.17, 15) is 4.79 Å². The molecule has 0 radical (unpaired) electrons. The van der Waals surface area contributed by atoms with E-state index in [1.807, 2.05) is 30.3 Å². The summed E-state index contributed by atoms with van der Waals surface area (Å²) in [6.45, 7) is 0. The molecular formula is C10H8N2O. The summed E-state index contributed by atoms with van der Waals surface area (Å²) in [5.74, 6) is 0.578. The van der Waals surface area contributed by atoms with Gasteiger partial charge in [0.2, 0.25) is 6.41 Å². The number of anilines is 1. The fraction of sp³-hybridized carbons (Fsp3) is 0. The number of rotatable bonds is 2. The third kappa shape index (κ3) is 1.49. The Balaban J connectivity index is 2.55. The lowest BCUT2D eigenvalue weighted by Crippen LogP contribution is -1.96. The zero-order chi connectivity index (χ0) is 9.10. The SMILES string of the molecule is O=CNc1ccc2ccccc2n1. The van der Waals surface area contributed by atoms with Crippen LogP contribution in [0.15, 0.2) is 36.4 Å². The first-order valence-corrected chi connectivity index (χ1v) is 3.96. The Hall–Kier alpha value is -1.90. The molecule has 1 aromatic heterocycles. The van der Waals surface area contributed by atoms with E-state index in [0.29, 0.717) is 12.2 Å². The van der Waals surface area contributed by atoms with Crippen LogP contribution >= 0.6 is 0 Å². The molecule has 3 heteroatoms. The molecule has 1 N–H and O–H groups in total. The summed E-state index contributed by atoms with van der Waals surface area (Å²) in [7, 11) is 0. The van der Waals surface area contributed by atoms with Crippen molar-refractivity contribution >= 4 is 23.1 Å². The third-order valence-electron chi connectivity index (χ3n) is 1.81. The van der Waals surface area contributed by atoms with Gasteiger partial charge in [-0.15, -0.1) is 0 Å². The molecule has 2 rings (SSSR count). The van der Waals surface area contributed by atoms with Crippen molar-refractivity contribution < 1.29 is 4.79 Å². The molecule has 0 unspecified atom stereocenters. The minimum atomic E-state index is 0.578. The Morgan fingerprint density at radius 3 is 2.85 bits per heavy atom. The number of para-hydroxylation sites is 1. The Morgan fingerprint density at radius 2 is 2.00 bits per heavy atom. The number of fused-ring (bicyclic) bond motifs is 1. The molecule has 13 heavy (non-hydrogen) atoms. The summed E-state index contributed by atoms with van der Waals surface area (Å²) in [4.78, 5) is 14.4. The van der Waals surface area contributed by atoms with Gasteiger partial charge in [-0.2, -0.15) is 0 Å². The van der Waals surface area contributed by atoms with Crippen molar-refractivity contribution in [2.24, 2.45) is 0 Å². The maximum Gasteiger partial charge on any atom is 0.212 e. The molecular weight excluding hydrogens is 164 g/mol. The molecule has 0 bridgehead atoms. The average molecular weight is 172 g/mol. The molecule has 0 aliphatic heterocycles. The summed E-state index contributed by atoms with van der Waals surface area (Å²) in [5, 5.41) is 3.58. The van der Waals surface area contributed by atoms with Gasteiger partial charge in [-0.05, 0) is 18.2 Å². The van der Waals surface area contributed by atoms with Crippen LogP contribution in [0.1, 0.15) is 0 Å². The predicted molar refractivity (Wildman–Crippen MR) is 51.4 cm³/mol. The summed E-state index contributed by atoms with van der Waals surface area (Å²) in [6, 6.07) is 11.5. The molecule has 1 amide bonds. The largest absolute Gasteiger partial charge is 0.313 e. The molecule has 3 nitrogen and oxygen atoms in total. The van der Waals surface area contributed by atoms with Crippen LogP contribution in [0.5, 0.6) is 0 Å². The fourth-order valence-corrected chi connectivity index (χ4v) is 1.21. The molecule has 0 saturated heterocycles. The Bertz CT molecular complexity index is 440. The van der Waals surface area contributed by atoms with Crippen molar-refractivity contribution in [2.75, 3.05) is 5.32 Å². The zero-order valence-electron chi connectivity index (χ0n) is 6.90. The van der Waals surface area contributed by atoms with Crippen molar-refractivity contribution in [2.45, 2.75) is 0 Å². The number of hydrogen-bond acceptors (Lipinski definition) is 2. The lowest BCUT2D eigenvalue weighted by Gasteiger charge is -1.99. The van der Waals surface area contributed by atoms with E-state index in [0.717, 1.165) is 10.9 Å². The molecule has 2 aromatic rings. The van der Waals surface area contributed by atoms with Gasteiger partial charge in [-0.3, -0.25) is 4.79 Å². The predicted octanol–water partition coefficient (Wildman–Crippen LogP) is 1.80. The molecule has 0 saturated carbocycles. The molecule has 0 aliphatic carbocycles. The highest BCUT2D eigenvalue weighted by molar-refractivity contribution is 5.81. The van der Waals surface area contributed by atoms with Crippen molar-refractivity contribution in [3.05, 3.63) is 36.4 Å². The van der Waals surface area contributed by atoms with Gasteiger partial charge in [0.1, 0.15) is 5.82 Å². The number of benzene rings is 1. The number of carbonyl (C=O) groups excluding carboxylic acids is 1. The van der Waals surface area contributed by atoms with Crippen molar-refractivity contribution in [3.8, 4) is 0 Å². The van der Waals surface area contributed by atoms with E-state index in [-0.39, 0.29) is 0 Å². The smallest absolute Gasteiger partial charge is 0.212 e. The molecule has 0 fully saturated rings. The average Bonchev–Trinajstić information content (AvgIpc) is 2.18. The first kappa shape index (κ1) is 7.73. The van der Waals surface area contributed by atoms with Crippen LogP contribution in [0.4, 0.5) is 5.82 Å². The second-order valence-electron chi connectivity index (χ2n) is 2.65. The second kappa shape index (κ2) is 3.23. The van der Waals surface area contributed by atoms with Crippen LogP contribution in [-0.2, 0) is 4.79 Å². The molecule has 0 aliphatic rings. The Labute approximate surface area is 75.4 Å². The van der Waals surface area contributed by atoms with Crippen LogP contribution in [0.2, 0.25) is 0 Å². The Morgan fingerprint density at radius 1 is 1.15 bits per heavy atom. The zero-order valence-corrected chi connectivity index (χ0v) is 6.90. The quantitative estimate of drug-likeness (QED) is 0.702. The van der Waals surface area contributed by atoms with Gasteiger partial charge in [0, 0.05) is 5.39 Å². The highest BCUT2D eigenvalue weighted by Crippen LogP contribution is 2.13. The summed E-state index contributed by atoms with van der Waals surface area (Å²) in [6.07, 6.45) is 0.622. The van der Waals surface area contributed by atoms with E-state index in [1.165, 1.54) is 0 Å². The monoisotopic (exact) mass is 172 g/mol. The van der Waals surface area contributed by atoms with Crippen LogP contribution < -0.4 is 5.32 Å². The maximum absolute atomic E-state index is 10.2. The van der Waals surface area contributed by atoms with E-state index < -0.39 is 0 Å². The summed E-state index contributed by atoms with van der Waals surface area (Å²) < 4.78 is 0. The van der Waals surface area contributed by atoms with Crippen molar-refractivity contribution in [1.29, 1.82) is 0 Å². The Kier molecular flexibility index (Phi) is 1.92. The molecule has 0 atom stereocenters. The van der Waals surface area contributed by atoms with E-state index in [1.54, 1.807) is 6.07 Å². The van der Waals surface area contributed by atoms with Gasteiger partial charge >= 0.3 is 0 Å². The second-order valence-corrected chi connectivity index (χ2v) is 2.65.